The molecule has 3 amide bonds. The number of carbonyl (C=O) groups is 3. The summed E-state index contributed by atoms with van der Waals surface area (Å²) in [5.74, 6) is -1.76. The average molecular weight is 341 g/mol. The third-order valence-corrected chi connectivity index (χ3v) is 3.95. The Labute approximate surface area is 143 Å². The maximum Gasteiger partial charge on any atom is 0.261 e. The number of amides is 3. The standard InChI is InChI=1S/C18H16FN3O3/c1-10(2)22-17(24)12-6-5-11(8-13(12)18(22)25)16(23)21-9-15-14(19)4-3-7-20-15/h3-8,10H,9H2,1-2H3,(H,21,23). The summed E-state index contributed by atoms with van der Waals surface area (Å²) in [6.07, 6.45) is 1.44. The molecule has 1 aliphatic rings. The van der Waals surface area contributed by atoms with Gasteiger partial charge in [0.05, 0.1) is 23.4 Å². The van der Waals surface area contributed by atoms with Crippen LogP contribution in [-0.2, 0) is 6.54 Å². The van der Waals surface area contributed by atoms with Crippen LogP contribution in [0.5, 0.6) is 0 Å². The quantitative estimate of drug-likeness (QED) is 0.864. The van der Waals surface area contributed by atoms with Gasteiger partial charge in [0.15, 0.2) is 0 Å². The third-order valence-electron chi connectivity index (χ3n) is 3.95. The van der Waals surface area contributed by atoms with Crippen molar-refractivity contribution in [2.45, 2.75) is 26.4 Å². The van der Waals surface area contributed by atoms with E-state index in [1.54, 1.807) is 13.8 Å². The minimum atomic E-state index is -0.509. The van der Waals surface area contributed by atoms with Gasteiger partial charge in [0.2, 0.25) is 0 Å². The lowest BCUT2D eigenvalue weighted by molar-refractivity contribution is 0.0609. The van der Waals surface area contributed by atoms with E-state index in [1.165, 1.54) is 36.5 Å². The molecule has 25 heavy (non-hydrogen) atoms. The van der Waals surface area contributed by atoms with Crippen LogP contribution in [-0.4, -0.2) is 33.6 Å². The summed E-state index contributed by atoms with van der Waals surface area (Å²) in [7, 11) is 0. The van der Waals surface area contributed by atoms with E-state index in [0.717, 1.165) is 4.90 Å². The molecule has 0 radical (unpaired) electrons. The van der Waals surface area contributed by atoms with Gasteiger partial charge in [-0.3, -0.25) is 24.3 Å². The van der Waals surface area contributed by atoms with Gasteiger partial charge in [-0.05, 0) is 44.2 Å². The first kappa shape index (κ1) is 16.8. The van der Waals surface area contributed by atoms with E-state index in [1.807, 2.05) is 0 Å². The Hall–Kier alpha value is -3.09. The van der Waals surface area contributed by atoms with Crippen molar-refractivity contribution >= 4 is 17.7 Å². The minimum absolute atomic E-state index is 0.0758. The van der Waals surface area contributed by atoms with Crippen molar-refractivity contribution in [3.05, 3.63) is 64.7 Å². The number of imide groups is 1. The zero-order chi connectivity index (χ0) is 18.1. The van der Waals surface area contributed by atoms with Crippen molar-refractivity contribution in [3.63, 3.8) is 0 Å². The van der Waals surface area contributed by atoms with Crippen LogP contribution in [0, 0.1) is 5.82 Å². The number of nitrogens with one attached hydrogen (secondary N) is 1. The van der Waals surface area contributed by atoms with Gasteiger partial charge in [-0.1, -0.05) is 0 Å². The van der Waals surface area contributed by atoms with Crippen molar-refractivity contribution in [1.29, 1.82) is 0 Å². The highest BCUT2D eigenvalue weighted by atomic mass is 19.1. The molecule has 0 fully saturated rings. The van der Waals surface area contributed by atoms with Gasteiger partial charge in [0.25, 0.3) is 17.7 Å². The van der Waals surface area contributed by atoms with Gasteiger partial charge in [0, 0.05) is 17.8 Å². The molecule has 1 aromatic carbocycles. The molecule has 6 nitrogen and oxygen atoms in total. The summed E-state index contributed by atoms with van der Waals surface area (Å²) in [4.78, 5) is 41.9. The summed E-state index contributed by atoms with van der Waals surface area (Å²) in [5, 5.41) is 2.56. The highest BCUT2D eigenvalue weighted by Gasteiger charge is 2.37. The fourth-order valence-electron chi connectivity index (χ4n) is 2.68. The normalized spacial score (nSPS) is 13.4. The Morgan fingerprint density at radius 2 is 1.92 bits per heavy atom. The number of nitrogens with zero attached hydrogens (tertiary/aromatic N) is 2. The summed E-state index contributed by atoms with van der Waals surface area (Å²) < 4.78 is 13.5. The van der Waals surface area contributed by atoms with Crippen molar-refractivity contribution in [2.24, 2.45) is 0 Å². The van der Waals surface area contributed by atoms with Gasteiger partial charge in [-0.2, -0.15) is 0 Å². The molecule has 7 heteroatoms. The van der Waals surface area contributed by atoms with E-state index >= 15 is 0 Å². The fraction of sp³-hybridized carbons (Fsp3) is 0.222. The summed E-state index contributed by atoms with van der Waals surface area (Å²) in [5.41, 5.74) is 0.831. The van der Waals surface area contributed by atoms with Crippen LogP contribution in [0.25, 0.3) is 0 Å². The molecule has 2 aromatic rings. The fourth-order valence-corrected chi connectivity index (χ4v) is 2.68. The average Bonchev–Trinajstić information content (AvgIpc) is 2.84. The molecular weight excluding hydrogens is 325 g/mol. The molecule has 0 bridgehead atoms. The molecule has 0 aliphatic carbocycles. The minimum Gasteiger partial charge on any atom is -0.346 e. The Kier molecular flexibility index (Phi) is 4.31. The lowest BCUT2D eigenvalue weighted by atomic mass is 10.1. The monoisotopic (exact) mass is 341 g/mol. The molecule has 0 spiro atoms. The molecule has 1 aromatic heterocycles. The predicted molar refractivity (Wildman–Crippen MR) is 87.4 cm³/mol. The lowest BCUT2D eigenvalue weighted by Crippen LogP contribution is -2.35. The largest absolute Gasteiger partial charge is 0.346 e. The second kappa shape index (κ2) is 6.43. The third kappa shape index (κ3) is 3.00. The number of hydrogen-bond acceptors (Lipinski definition) is 4. The van der Waals surface area contributed by atoms with E-state index in [2.05, 4.69) is 10.3 Å². The molecule has 1 N–H and O–H groups in total. The smallest absolute Gasteiger partial charge is 0.261 e. The van der Waals surface area contributed by atoms with Crippen molar-refractivity contribution in [3.8, 4) is 0 Å². The molecule has 0 atom stereocenters. The predicted octanol–water partition coefficient (Wildman–Crippen LogP) is 2.16. The summed E-state index contributed by atoms with van der Waals surface area (Å²) in [6, 6.07) is 6.78. The summed E-state index contributed by atoms with van der Waals surface area (Å²) in [6.45, 7) is 3.42. The maximum absolute atomic E-state index is 13.5. The number of hydrogen-bond donors (Lipinski definition) is 1. The van der Waals surface area contributed by atoms with E-state index in [0.29, 0.717) is 0 Å². The summed E-state index contributed by atoms with van der Waals surface area (Å²) >= 11 is 0. The Morgan fingerprint density at radius 3 is 2.60 bits per heavy atom. The van der Waals surface area contributed by atoms with Crippen LogP contribution in [0.15, 0.2) is 36.5 Å². The van der Waals surface area contributed by atoms with Crippen LogP contribution in [0.2, 0.25) is 0 Å². The molecule has 0 saturated heterocycles. The topological polar surface area (TPSA) is 79.4 Å². The Balaban J connectivity index is 1.79. The van der Waals surface area contributed by atoms with E-state index < -0.39 is 17.6 Å². The van der Waals surface area contributed by atoms with E-state index in [-0.39, 0.29) is 40.9 Å². The molecule has 0 unspecified atom stereocenters. The molecule has 128 valence electrons. The zero-order valence-corrected chi connectivity index (χ0v) is 13.7. The number of pyridine rings is 1. The number of benzene rings is 1. The second-order valence-electron chi connectivity index (χ2n) is 5.95. The highest BCUT2D eigenvalue weighted by Crippen LogP contribution is 2.25. The Bertz CT molecular complexity index is 880. The molecule has 1 aliphatic heterocycles. The first-order valence-electron chi connectivity index (χ1n) is 7.79. The van der Waals surface area contributed by atoms with Gasteiger partial charge in [-0.25, -0.2) is 4.39 Å². The van der Waals surface area contributed by atoms with Crippen LogP contribution < -0.4 is 5.32 Å². The van der Waals surface area contributed by atoms with E-state index in [4.69, 9.17) is 0 Å². The highest BCUT2D eigenvalue weighted by molar-refractivity contribution is 6.22. The SMILES string of the molecule is CC(C)N1C(=O)c2ccc(C(=O)NCc3ncccc3F)cc2C1=O. The van der Waals surface area contributed by atoms with Gasteiger partial charge >= 0.3 is 0 Å². The first-order chi connectivity index (χ1) is 11.9. The van der Waals surface area contributed by atoms with Crippen molar-refractivity contribution < 1.29 is 18.8 Å². The number of aromatic nitrogens is 1. The number of rotatable bonds is 4. The van der Waals surface area contributed by atoms with Crippen LogP contribution >= 0.6 is 0 Å². The van der Waals surface area contributed by atoms with Crippen LogP contribution in [0.1, 0.15) is 50.6 Å². The lowest BCUT2D eigenvalue weighted by Gasteiger charge is -2.17. The van der Waals surface area contributed by atoms with Gasteiger partial charge in [0.1, 0.15) is 5.82 Å². The second-order valence-corrected chi connectivity index (χ2v) is 5.95. The van der Waals surface area contributed by atoms with Crippen LogP contribution in [0.3, 0.4) is 0 Å². The number of carbonyl (C=O) groups excluding carboxylic acids is 3. The molecule has 2 heterocycles. The maximum atomic E-state index is 13.5. The van der Waals surface area contributed by atoms with Crippen LogP contribution in [0.4, 0.5) is 4.39 Å². The van der Waals surface area contributed by atoms with Crippen molar-refractivity contribution in [1.82, 2.24) is 15.2 Å². The number of fused-ring (bicyclic) bond motifs is 1. The zero-order valence-electron chi connectivity index (χ0n) is 13.7. The molecular formula is C18H16FN3O3. The molecule has 0 saturated carbocycles. The number of halogens is 1. The van der Waals surface area contributed by atoms with Gasteiger partial charge in [-0.15, -0.1) is 0 Å². The van der Waals surface area contributed by atoms with Crippen molar-refractivity contribution in [2.75, 3.05) is 0 Å². The first-order valence-corrected chi connectivity index (χ1v) is 7.79. The Morgan fingerprint density at radius 1 is 1.20 bits per heavy atom. The molecule has 3 rings (SSSR count). The van der Waals surface area contributed by atoms with Gasteiger partial charge < -0.3 is 5.32 Å². The van der Waals surface area contributed by atoms with E-state index in [9.17, 15) is 18.8 Å².